The van der Waals surface area contributed by atoms with Crippen LogP contribution < -0.4 is 10.6 Å². The Bertz CT molecular complexity index is 992. The number of carbonyl (C=O) groups is 1. The SMILES string of the molecule is N=CN(C(N)=O)c1cccc(-c2cnc3[nH]cc(C4CC4)c3c2Cl)c1. The molecule has 0 radical (unpaired) electrons. The van der Waals surface area contributed by atoms with E-state index in [2.05, 4.69) is 9.97 Å². The summed E-state index contributed by atoms with van der Waals surface area (Å²) in [5.41, 5.74) is 9.41. The van der Waals surface area contributed by atoms with Crippen molar-refractivity contribution in [3.63, 3.8) is 0 Å². The number of aromatic nitrogens is 2. The number of nitrogens with zero attached hydrogens (tertiary/aromatic N) is 2. The molecule has 0 spiro atoms. The molecule has 2 aromatic heterocycles. The van der Waals surface area contributed by atoms with Gasteiger partial charge in [0.05, 0.1) is 17.0 Å². The number of urea groups is 1. The number of pyridine rings is 1. The van der Waals surface area contributed by atoms with Crippen LogP contribution in [0.3, 0.4) is 0 Å². The first-order valence-corrected chi connectivity index (χ1v) is 8.33. The third-order valence-corrected chi connectivity index (χ3v) is 4.88. The van der Waals surface area contributed by atoms with Gasteiger partial charge in [0.1, 0.15) is 5.65 Å². The van der Waals surface area contributed by atoms with Crippen molar-refractivity contribution in [2.45, 2.75) is 18.8 Å². The number of hydrogen-bond donors (Lipinski definition) is 3. The molecule has 0 aliphatic heterocycles. The molecule has 25 heavy (non-hydrogen) atoms. The average Bonchev–Trinajstić information content (AvgIpc) is 3.35. The van der Waals surface area contributed by atoms with Gasteiger partial charge in [-0.1, -0.05) is 23.7 Å². The quantitative estimate of drug-likeness (QED) is 0.482. The Morgan fingerprint density at radius 2 is 2.24 bits per heavy atom. The van der Waals surface area contributed by atoms with Crippen molar-refractivity contribution in [1.29, 1.82) is 5.41 Å². The van der Waals surface area contributed by atoms with E-state index < -0.39 is 6.03 Å². The summed E-state index contributed by atoms with van der Waals surface area (Å²) in [4.78, 5) is 20.2. The summed E-state index contributed by atoms with van der Waals surface area (Å²) in [5.74, 6) is 0.554. The van der Waals surface area contributed by atoms with Gasteiger partial charge in [-0.05, 0) is 42.0 Å². The van der Waals surface area contributed by atoms with Gasteiger partial charge in [-0.3, -0.25) is 10.3 Å². The number of fused-ring (bicyclic) bond motifs is 1. The molecule has 1 aromatic carbocycles. The molecule has 3 aromatic rings. The minimum Gasteiger partial charge on any atom is -0.351 e. The van der Waals surface area contributed by atoms with E-state index in [0.717, 1.165) is 33.4 Å². The molecule has 7 heteroatoms. The Morgan fingerprint density at radius 1 is 1.44 bits per heavy atom. The van der Waals surface area contributed by atoms with Crippen LogP contribution in [-0.2, 0) is 0 Å². The van der Waals surface area contributed by atoms with Crippen LogP contribution in [0.4, 0.5) is 10.5 Å². The second-order valence-electron chi connectivity index (χ2n) is 6.12. The second kappa shape index (κ2) is 5.89. The van der Waals surface area contributed by atoms with E-state index in [-0.39, 0.29) is 0 Å². The van der Waals surface area contributed by atoms with Crippen LogP contribution >= 0.6 is 11.6 Å². The third-order valence-electron chi connectivity index (χ3n) is 4.49. The Labute approximate surface area is 149 Å². The topological polar surface area (TPSA) is 98.9 Å². The molecule has 2 amide bonds. The number of amides is 2. The fraction of sp³-hybridized carbons (Fsp3) is 0.167. The lowest BCUT2D eigenvalue weighted by atomic mass is 10.0. The summed E-state index contributed by atoms with van der Waals surface area (Å²) in [6, 6.07) is 6.46. The lowest BCUT2D eigenvalue weighted by molar-refractivity contribution is 0.256. The van der Waals surface area contributed by atoms with Crippen LogP contribution in [0.15, 0.2) is 36.7 Å². The summed E-state index contributed by atoms with van der Waals surface area (Å²) < 4.78 is 0. The maximum absolute atomic E-state index is 11.5. The molecule has 0 atom stereocenters. The fourth-order valence-corrected chi connectivity index (χ4v) is 3.44. The Hall–Kier alpha value is -2.86. The first-order valence-electron chi connectivity index (χ1n) is 7.95. The van der Waals surface area contributed by atoms with Crippen molar-refractivity contribution in [2.24, 2.45) is 5.73 Å². The van der Waals surface area contributed by atoms with Gasteiger partial charge in [0.25, 0.3) is 0 Å². The molecular formula is C18H16ClN5O. The molecule has 2 heterocycles. The van der Waals surface area contributed by atoms with Crippen molar-refractivity contribution in [3.05, 3.63) is 47.2 Å². The van der Waals surface area contributed by atoms with Crippen molar-refractivity contribution in [2.75, 3.05) is 4.90 Å². The molecule has 1 aliphatic rings. The maximum atomic E-state index is 11.5. The van der Waals surface area contributed by atoms with Gasteiger partial charge in [0, 0.05) is 23.3 Å². The first kappa shape index (κ1) is 15.7. The zero-order valence-electron chi connectivity index (χ0n) is 13.3. The molecule has 1 saturated carbocycles. The van der Waals surface area contributed by atoms with Gasteiger partial charge in [0.2, 0.25) is 0 Å². The molecule has 0 bridgehead atoms. The van der Waals surface area contributed by atoms with Crippen molar-refractivity contribution < 1.29 is 4.79 Å². The van der Waals surface area contributed by atoms with E-state index in [9.17, 15) is 4.79 Å². The number of nitrogens with two attached hydrogens (primary N) is 1. The maximum Gasteiger partial charge on any atom is 0.324 e. The van der Waals surface area contributed by atoms with E-state index in [0.29, 0.717) is 16.6 Å². The van der Waals surface area contributed by atoms with Gasteiger partial charge in [-0.25, -0.2) is 9.78 Å². The molecule has 6 nitrogen and oxygen atoms in total. The van der Waals surface area contributed by atoms with Crippen LogP contribution in [0, 0.1) is 5.41 Å². The average molecular weight is 354 g/mol. The van der Waals surface area contributed by atoms with E-state index in [1.54, 1.807) is 24.4 Å². The van der Waals surface area contributed by atoms with Gasteiger partial charge in [-0.15, -0.1) is 0 Å². The normalized spacial score (nSPS) is 13.8. The molecule has 1 fully saturated rings. The zero-order valence-corrected chi connectivity index (χ0v) is 14.0. The number of primary amides is 1. The van der Waals surface area contributed by atoms with Crippen molar-refractivity contribution >= 4 is 40.7 Å². The first-order chi connectivity index (χ1) is 12.1. The number of anilines is 1. The number of carbonyl (C=O) groups excluding carboxylic acids is 1. The minimum atomic E-state index is -0.714. The number of hydrogen-bond acceptors (Lipinski definition) is 3. The third kappa shape index (κ3) is 2.64. The highest BCUT2D eigenvalue weighted by Crippen LogP contribution is 2.46. The van der Waals surface area contributed by atoms with E-state index in [1.165, 1.54) is 18.4 Å². The highest BCUT2D eigenvalue weighted by molar-refractivity contribution is 6.38. The smallest absolute Gasteiger partial charge is 0.324 e. The second-order valence-corrected chi connectivity index (χ2v) is 6.49. The van der Waals surface area contributed by atoms with Gasteiger partial charge in [-0.2, -0.15) is 0 Å². The van der Waals surface area contributed by atoms with E-state index >= 15 is 0 Å². The lowest BCUT2D eigenvalue weighted by Gasteiger charge is -2.15. The summed E-state index contributed by atoms with van der Waals surface area (Å²) in [6.45, 7) is 0. The van der Waals surface area contributed by atoms with Gasteiger partial charge >= 0.3 is 6.03 Å². The lowest BCUT2D eigenvalue weighted by Crippen LogP contribution is -2.34. The number of benzene rings is 1. The van der Waals surface area contributed by atoms with E-state index in [4.69, 9.17) is 22.7 Å². The zero-order chi connectivity index (χ0) is 17.6. The Kier molecular flexibility index (Phi) is 3.69. The summed E-state index contributed by atoms with van der Waals surface area (Å²) >= 11 is 6.71. The molecule has 1 aliphatic carbocycles. The highest BCUT2D eigenvalue weighted by atomic mass is 35.5. The molecule has 0 saturated heterocycles. The number of rotatable bonds is 4. The molecule has 4 rings (SSSR count). The molecular weight excluding hydrogens is 338 g/mol. The van der Waals surface area contributed by atoms with Crippen LogP contribution in [-0.4, -0.2) is 22.3 Å². The Balaban J connectivity index is 1.84. The fourth-order valence-electron chi connectivity index (χ4n) is 3.09. The van der Waals surface area contributed by atoms with Gasteiger partial charge < -0.3 is 10.7 Å². The summed E-state index contributed by atoms with van der Waals surface area (Å²) in [6.07, 6.45) is 6.95. The predicted octanol–water partition coefficient (Wildman–Crippen LogP) is 4.25. The van der Waals surface area contributed by atoms with Crippen molar-refractivity contribution in [3.8, 4) is 11.1 Å². The molecule has 4 N–H and O–H groups in total. The monoisotopic (exact) mass is 353 g/mol. The standard InChI is InChI=1S/C18H16ClN5O/c19-16-14(8-23-17-15(16)13(7-22-17)10-4-5-10)11-2-1-3-12(6-11)24(9-20)18(21)25/h1-3,6-10,20H,4-5H2,(H2,21,25)(H,22,23). The van der Waals surface area contributed by atoms with Crippen LogP contribution in [0.1, 0.15) is 24.3 Å². The van der Waals surface area contributed by atoms with Crippen molar-refractivity contribution in [1.82, 2.24) is 9.97 Å². The number of halogens is 1. The molecule has 126 valence electrons. The minimum absolute atomic E-state index is 0.507. The van der Waals surface area contributed by atoms with Crippen LogP contribution in [0.5, 0.6) is 0 Å². The number of aromatic amines is 1. The summed E-state index contributed by atoms with van der Waals surface area (Å²) in [5, 5.41) is 8.98. The number of H-pyrrole nitrogens is 1. The molecule has 0 unspecified atom stereocenters. The largest absolute Gasteiger partial charge is 0.351 e. The van der Waals surface area contributed by atoms with E-state index in [1.807, 2.05) is 12.3 Å². The summed E-state index contributed by atoms with van der Waals surface area (Å²) in [7, 11) is 0. The van der Waals surface area contributed by atoms with Gasteiger partial charge in [0.15, 0.2) is 0 Å². The van der Waals surface area contributed by atoms with Crippen LogP contribution in [0.2, 0.25) is 5.02 Å². The van der Waals surface area contributed by atoms with Crippen LogP contribution in [0.25, 0.3) is 22.2 Å². The number of nitrogens with one attached hydrogen (secondary N) is 2. The highest BCUT2D eigenvalue weighted by Gasteiger charge is 2.28. The Morgan fingerprint density at radius 3 is 2.92 bits per heavy atom. The predicted molar refractivity (Wildman–Crippen MR) is 99.4 cm³/mol.